The van der Waals surface area contributed by atoms with Gasteiger partial charge in [0, 0.05) is 18.3 Å². The van der Waals surface area contributed by atoms with Gasteiger partial charge in [0.25, 0.3) is 0 Å². The molecule has 0 fully saturated rings. The molecule has 0 amide bonds. The molecule has 0 aliphatic carbocycles. The molecule has 3 nitrogen and oxygen atoms in total. The SMILES string of the molecule is Cl.FCCn1cc(NCc2cccc(F)c2F)cn1. The number of anilines is 1. The highest BCUT2D eigenvalue weighted by molar-refractivity contribution is 5.85. The first-order valence-corrected chi connectivity index (χ1v) is 5.46. The summed E-state index contributed by atoms with van der Waals surface area (Å²) < 4.78 is 39.8. The van der Waals surface area contributed by atoms with Crippen LogP contribution in [0.4, 0.5) is 18.9 Å². The van der Waals surface area contributed by atoms with Crippen molar-refractivity contribution in [2.75, 3.05) is 12.0 Å². The second-order valence-corrected chi connectivity index (χ2v) is 3.75. The maximum Gasteiger partial charge on any atom is 0.163 e. The fraction of sp³-hybridized carbons (Fsp3) is 0.250. The van der Waals surface area contributed by atoms with Gasteiger partial charge in [-0.25, -0.2) is 13.2 Å². The van der Waals surface area contributed by atoms with Crippen molar-refractivity contribution >= 4 is 18.1 Å². The molecule has 2 rings (SSSR count). The van der Waals surface area contributed by atoms with Crippen molar-refractivity contribution in [1.29, 1.82) is 0 Å². The lowest BCUT2D eigenvalue weighted by Gasteiger charge is -2.05. The highest BCUT2D eigenvalue weighted by Gasteiger charge is 2.07. The Labute approximate surface area is 114 Å². The molecular weight excluding hydrogens is 279 g/mol. The number of hydrogen-bond donors (Lipinski definition) is 1. The van der Waals surface area contributed by atoms with Crippen molar-refractivity contribution in [3.63, 3.8) is 0 Å². The van der Waals surface area contributed by atoms with Gasteiger partial charge >= 0.3 is 0 Å². The number of halogens is 4. The maximum atomic E-state index is 13.3. The number of nitrogens with one attached hydrogen (secondary N) is 1. The van der Waals surface area contributed by atoms with E-state index in [1.165, 1.54) is 23.0 Å². The van der Waals surface area contributed by atoms with Crippen LogP contribution >= 0.6 is 12.4 Å². The van der Waals surface area contributed by atoms with Crippen molar-refractivity contribution in [2.45, 2.75) is 13.1 Å². The first-order chi connectivity index (χ1) is 8.70. The molecule has 0 aliphatic heterocycles. The topological polar surface area (TPSA) is 29.9 Å². The van der Waals surface area contributed by atoms with Gasteiger partial charge < -0.3 is 5.32 Å². The quantitative estimate of drug-likeness (QED) is 0.917. The van der Waals surface area contributed by atoms with Crippen molar-refractivity contribution in [3.05, 3.63) is 47.8 Å². The van der Waals surface area contributed by atoms with E-state index in [9.17, 15) is 13.2 Å². The zero-order valence-electron chi connectivity index (χ0n) is 9.94. The van der Waals surface area contributed by atoms with Crippen LogP contribution < -0.4 is 5.32 Å². The van der Waals surface area contributed by atoms with Crippen LogP contribution in [0.1, 0.15) is 5.56 Å². The predicted molar refractivity (Wildman–Crippen MR) is 69.1 cm³/mol. The lowest BCUT2D eigenvalue weighted by atomic mass is 10.2. The fourth-order valence-corrected chi connectivity index (χ4v) is 1.55. The monoisotopic (exact) mass is 291 g/mol. The molecule has 0 aliphatic rings. The van der Waals surface area contributed by atoms with Gasteiger partial charge in [-0.05, 0) is 6.07 Å². The molecule has 1 heterocycles. The molecule has 2 aromatic rings. The predicted octanol–water partition coefficient (Wildman–Crippen LogP) is 3.16. The molecule has 0 unspecified atom stereocenters. The highest BCUT2D eigenvalue weighted by atomic mass is 35.5. The van der Waals surface area contributed by atoms with Gasteiger partial charge in [-0.15, -0.1) is 12.4 Å². The maximum absolute atomic E-state index is 13.3. The van der Waals surface area contributed by atoms with Crippen LogP contribution in [0.3, 0.4) is 0 Å². The second-order valence-electron chi connectivity index (χ2n) is 3.75. The van der Waals surface area contributed by atoms with E-state index in [1.807, 2.05) is 0 Å². The van der Waals surface area contributed by atoms with E-state index in [1.54, 1.807) is 6.20 Å². The zero-order valence-corrected chi connectivity index (χ0v) is 10.8. The molecule has 0 bridgehead atoms. The molecule has 0 spiro atoms. The molecule has 0 atom stereocenters. The van der Waals surface area contributed by atoms with Crippen LogP contribution in [0.25, 0.3) is 0 Å². The van der Waals surface area contributed by atoms with Crippen LogP contribution in [0, 0.1) is 11.6 Å². The Bertz CT molecular complexity index is 531. The molecule has 104 valence electrons. The van der Waals surface area contributed by atoms with Gasteiger partial charge in [-0.1, -0.05) is 12.1 Å². The number of benzene rings is 1. The number of alkyl halides is 1. The van der Waals surface area contributed by atoms with Crippen molar-refractivity contribution in [1.82, 2.24) is 9.78 Å². The molecule has 0 saturated carbocycles. The molecule has 0 saturated heterocycles. The highest BCUT2D eigenvalue weighted by Crippen LogP contribution is 2.13. The minimum absolute atomic E-state index is 0. The zero-order chi connectivity index (χ0) is 13.0. The van der Waals surface area contributed by atoms with Crippen molar-refractivity contribution in [3.8, 4) is 0 Å². The van der Waals surface area contributed by atoms with Crippen molar-refractivity contribution < 1.29 is 13.2 Å². The summed E-state index contributed by atoms with van der Waals surface area (Å²) in [4.78, 5) is 0. The van der Waals surface area contributed by atoms with Crippen LogP contribution in [0.2, 0.25) is 0 Å². The van der Waals surface area contributed by atoms with Gasteiger partial charge in [-0.3, -0.25) is 4.68 Å². The largest absolute Gasteiger partial charge is 0.378 e. The van der Waals surface area contributed by atoms with E-state index in [-0.39, 0.29) is 31.1 Å². The summed E-state index contributed by atoms with van der Waals surface area (Å²) in [6.07, 6.45) is 3.11. The Morgan fingerprint density at radius 2 is 2.05 bits per heavy atom. The first kappa shape index (κ1) is 15.4. The summed E-state index contributed by atoms with van der Waals surface area (Å²) in [5.74, 6) is -1.73. The van der Waals surface area contributed by atoms with Gasteiger partial charge in [0.05, 0.1) is 18.4 Å². The minimum atomic E-state index is -0.873. The average Bonchev–Trinajstić information content (AvgIpc) is 2.79. The molecule has 19 heavy (non-hydrogen) atoms. The van der Waals surface area contributed by atoms with Crippen LogP contribution in [-0.4, -0.2) is 16.5 Å². The average molecular weight is 292 g/mol. The van der Waals surface area contributed by atoms with E-state index >= 15 is 0 Å². The Balaban J connectivity index is 0.00000180. The standard InChI is InChI=1S/C12H12F3N3.ClH/c13-4-5-18-8-10(7-17-18)16-6-9-2-1-3-11(14)12(9)15;/h1-3,7-8,16H,4-6H2;1H. The Kier molecular flexibility index (Phi) is 5.69. The molecule has 1 aromatic heterocycles. The van der Waals surface area contributed by atoms with Crippen molar-refractivity contribution in [2.24, 2.45) is 0 Å². The van der Waals surface area contributed by atoms with Crippen LogP contribution in [0.5, 0.6) is 0 Å². The lowest BCUT2D eigenvalue weighted by Crippen LogP contribution is -2.03. The summed E-state index contributed by atoms with van der Waals surface area (Å²) in [7, 11) is 0. The summed E-state index contributed by atoms with van der Waals surface area (Å²) in [5.41, 5.74) is 0.861. The van der Waals surface area contributed by atoms with E-state index in [2.05, 4.69) is 10.4 Å². The summed E-state index contributed by atoms with van der Waals surface area (Å²) in [6, 6.07) is 4.01. The number of aryl methyl sites for hydroxylation is 1. The van der Waals surface area contributed by atoms with E-state index in [0.717, 1.165) is 6.07 Å². The number of nitrogens with zero attached hydrogens (tertiary/aromatic N) is 2. The summed E-state index contributed by atoms with van der Waals surface area (Å²) in [5, 5.41) is 6.80. The molecule has 1 aromatic carbocycles. The first-order valence-electron chi connectivity index (χ1n) is 5.46. The van der Waals surface area contributed by atoms with Crippen LogP contribution in [0.15, 0.2) is 30.6 Å². The Morgan fingerprint density at radius 1 is 1.26 bits per heavy atom. The van der Waals surface area contributed by atoms with E-state index < -0.39 is 18.3 Å². The number of aromatic nitrogens is 2. The number of hydrogen-bond acceptors (Lipinski definition) is 2. The normalized spacial score (nSPS) is 10.1. The van der Waals surface area contributed by atoms with Gasteiger partial charge in [-0.2, -0.15) is 5.10 Å². The Morgan fingerprint density at radius 3 is 2.79 bits per heavy atom. The Hall–Kier alpha value is -1.69. The van der Waals surface area contributed by atoms with Gasteiger partial charge in [0.15, 0.2) is 11.6 Å². The van der Waals surface area contributed by atoms with Gasteiger partial charge in [0.1, 0.15) is 6.67 Å². The smallest absolute Gasteiger partial charge is 0.163 e. The number of rotatable bonds is 5. The second kappa shape index (κ2) is 7.04. The van der Waals surface area contributed by atoms with E-state index in [0.29, 0.717) is 5.69 Å². The summed E-state index contributed by atoms with van der Waals surface area (Å²) in [6.45, 7) is -0.180. The fourth-order valence-electron chi connectivity index (χ4n) is 1.55. The van der Waals surface area contributed by atoms with Gasteiger partial charge in [0.2, 0.25) is 0 Å². The molecule has 1 N–H and O–H groups in total. The third kappa shape index (κ3) is 3.89. The van der Waals surface area contributed by atoms with Crippen LogP contribution in [-0.2, 0) is 13.1 Å². The lowest BCUT2D eigenvalue weighted by molar-refractivity contribution is 0.427. The third-order valence-electron chi connectivity index (χ3n) is 2.46. The minimum Gasteiger partial charge on any atom is -0.378 e. The summed E-state index contributed by atoms with van der Waals surface area (Å²) >= 11 is 0. The third-order valence-corrected chi connectivity index (χ3v) is 2.46. The van der Waals surface area contributed by atoms with E-state index in [4.69, 9.17) is 0 Å². The molecule has 0 radical (unpaired) electrons. The molecular formula is C12H13ClF3N3. The molecule has 7 heteroatoms.